The number of furan rings is 1. The van der Waals surface area contributed by atoms with Gasteiger partial charge in [0.1, 0.15) is 11.2 Å². The highest BCUT2D eigenvalue weighted by Gasteiger charge is 2.10. The lowest BCUT2D eigenvalue weighted by molar-refractivity contribution is 0.659. The molecule has 17 heavy (non-hydrogen) atoms. The topological polar surface area (TPSA) is 13.1 Å². The second kappa shape index (κ2) is 4.31. The summed E-state index contributed by atoms with van der Waals surface area (Å²) >= 11 is 3.46. The van der Waals surface area contributed by atoms with Gasteiger partial charge in [0.2, 0.25) is 0 Å². The number of hydrogen-bond donors (Lipinski definition) is 0. The van der Waals surface area contributed by atoms with Crippen molar-refractivity contribution in [2.75, 3.05) is 12.5 Å². The van der Waals surface area contributed by atoms with Gasteiger partial charge in [0.25, 0.3) is 0 Å². The van der Waals surface area contributed by atoms with Gasteiger partial charge >= 0.3 is 0 Å². The van der Waals surface area contributed by atoms with Crippen LogP contribution >= 0.6 is 23.5 Å². The van der Waals surface area contributed by atoms with E-state index in [0.717, 1.165) is 11.2 Å². The second-order valence-corrected chi connectivity index (χ2v) is 5.53. The van der Waals surface area contributed by atoms with Crippen molar-refractivity contribution < 1.29 is 4.42 Å². The van der Waals surface area contributed by atoms with Gasteiger partial charge in [-0.2, -0.15) is 0 Å². The summed E-state index contributed by atoms with van der Waals surface area (Å²) in [4.78, 5) is 2.44. The maximum Gasteiger partial charge on any atom is 0.148 e. The Kier molecular flexibility index (Phi) is 2.81. The van der Waals surface area contributed by atoms with Crippen LogP contribution in [-0.2, 0) is 0 Å². The lowest BCUT2D eigenvalue weighted by Gasteiger charge is -1.95. The van der Waals surface area contributed by atoms with Gasteiger partial charge in [-0.3, -0.25) is 0 Å². The zero-order valence-electron chi connectivity index (χ0n) is 9.69. The first-order valence-corrected chi connectivity index (χ1v) is 7.81. The fraction of sp³-hybridized carbons (Fsp3) is 0.143. The molecule has 0 aliphatic carbocycles. The molecule has 2 aromatic carbocycles. The van der Waals surface area contributed by atoms with E-state index in [9.17, 15) is 0 Å². The number of benzene rings is 2. The third-order valence-electron chi connectivity index (χ3n) is 2.89. The third kappa shape index (κ3) is 1.74. The number of para-hydroxylation sites is 1. The summed E-state index contributed by atoms with van der Waals surface area (Å²) in [6.45, 7) is 0. The van der Waals surface area contributed by atoms with Crippen molar-refractivity contribution in [2.24, 2.45) is 0 Å². The van der Waals surface area contributed by atoms with Gasteiger partial charge in [-0.05, 0) is 36.8 Å². The largest absolute Gasteiger partial charge is 0.455 e. The van der Waals surface area contributed by atoms with Crippen LogP contribution in [0.25, 0.3) is 21.9 Å². The van der Waals surface area contributed by atoms with Gasteiger partial charge in [0, 0.05) is 15.7 Å². The van der Waals surface area contributed by atoms with Crippen molar-refractivity contribution in [3.63, 3.8) is 0 Å². The molecule has 0 saturated carbocycles. The molecular weight excluding hydrogens is 248 g/mol. The molecule has 1 nitrogen and oxygen atoms in total. The molecule has 0 unspecified atom stereocenters. The van der Waals surface area contributed by atoms with Gasteiger partial charge in [-0.15, -0.1) is 23.5 Å². The molecule has 3 heteroatoms. The molecule has 0 aliphatic heterocycles. The minimum absolute atomic E-state index is 0.980. The maximum absolute atomic E-state index is 5.98. The average Bonchev–Trinajstić information content (AvgIpc) is 2.75. The molecule has 3 rings (SSSR count). The van der Waals surface area contributed by atoms with Gasteiger partial charge in [-0.25, -0.2) is 0 Å². The number of rotatable bonds is 2. The van der Waals surface area contributed by atoms with Crippen molar-refractivity contribution in [1.29, 1.82) is 0 Å². The summed E-state index contributed by atoms with van der Waals surface area (Å²) in [6.07, 6.45) is 4.16. The standard InChI is InChI=1S/C14H12OS2/c1-16-9-6-7-10-11-4-3-5-13(17-2)14(11)15-12(10)8-9/h3-8H,1-2H3. The first kappa shape index (κ1) is 11.1. The Morgan fingerprint density at radius 1 is 0.941 bits per heavy atom. The molecular formula is C14H12OS2. The molecule has 0 saturated heterocycles. The van der Waals surface area contributed by atoms with E-state index in [4.69, 9.17) is 4.42 Å². The molecule has 86 valence electrons. The molecule has 3 aromatic rings. The first-order valence-electron chi connectivity index (χ1n) is 5.37. The van der Waals surface area contributed by atoms with Crippen LogP contribution in [-0.4, -0.2) is 12.5 Å². The summed E-state index contributed by atoms with van der Waals surface area (Å²) in [5.74, 6) is 0. The lowest BCUT2D eigenvalue weighted by atomic mass is 10.1. The summed E-state index contributed by atoms with van der Waals surface area (Å²) in [5.41, 5.74) is 1.99. The van der Waals surface area contributed by atoms with Crippen LogP contribution in [0.2, 0.25) is 0 Å². The maximum atomic E-state index is 5.98. The predicted molar refractivity (Wildman–Crippen MR) is 77.3 cm³/mol. The van der Waals surface area contributed by atoms with Crippen molar-refractivity contribution >= 4 is 45.5 Å². The van der Waals surface area contributed by atoms with Gasteiger partial charge in [0.15, 0.2) is 0 Å². The Labute approximate surface area is 109 Å². The molecule has 0 N–H and O–H groups in total. The molecule has 0 fully saturated rings. The van der Waals surface area contributed by atoms with Crippen LogP contribution in [0.3, 0.4) is 0 Å². The molecule has 0 amide bonds. The van der Waals surface area contributed by atoms with E-state index in [-0.39, 0.29) is 0 Å². The zero-order valence-corrected chi connectivity index (χ0v) is 11.3. The molecule has 0 atom stereocenters. The number of hydrogen-bond acceptors (Lipinski definition) is 3. The van der Waals surface area contributed by atoms with Crippen molar-refractivity contribution in [3.05, 3.63) is 36.4 Å². The van der Waals surface area contributed by atoms with Crippen LogP contribution in [0.4, 0.5) is 0 Å². The summed E-state index contributed by atoms with van der Waals surface area (Å²) in [5, 5.41) is 2.41. The summed E-state index contributed by atoms with van der Waals surface area (Å²) in [6, 6.07) is 12.7. The Morgan fingerprint density at radius 3 is 2.59 bits per heavy atom. The van der Waals surface area contributed by atoms with E-state index >= 15 is 0 Å². The van der Waals surface area contributed by atoms with Crippen molar-refractivity contribution in [3.8, 4) is 0 Å². The zero-order chi connectivity index (χ0) is 11.8. The van der Waals surface area contributed by atoms with E-state index in [1.165, 1.54) is 20.6 Å². The Bertz CT molecular complexity index is 685. The fourth-order valence-electron chi connectivity index (χ4n) is 2.04. The second-order valence-electron chi connectivity index (χ2n) is 3.80. The quantitative estimate of drug-likeness (QED) is 0.600. The monoisotopic (exact) mass is 260 g/mol. The van der Waals surface area contributed by atoms with Gasteiger partial charge in [-0.1, -0.05) is 12.1 Å². The van der Waals surface area contributed by atoms with Crippen LogP contribution in [0.1, 0.15) is 0 Å². The Morgan fingerprint density at radius 2 is 1.82 bits per heavy atom. The lowest BCUT2D eigenvalue weighted by Crippen LogP contribution is -1.71. The fourth-order valence-corrected chi connectivity index (χ4v) is 3.02. The van der Waals surface area contributed by atoms with E-state index in [1.54, 1.807) is 23.5 Å². The summed E-state index contributed by atoms with van der Waals surface area (Å²) in [7, 11) is 0. The van der Waals surface area contributed by atoms with Crippen LogP contribution in [0.15, 0.2) is 50.6 Å². The molecule has 0 aliphatic rings. The Hall–Kier alpha value is -1.06. The van der Waals surface area contributed by atoms with E-state index in [2.05, 4.69) is 48.9 Å². The van der Waals surface area contributed by atoms with Gasteiger partial charge < -0.3 is 4.42 Å². The number of thioether (sulfide) groups is 2. The summed E-state index contributed by atoms with van der Waals surface area (Å²) < 4.78 is 5.98. The molecule has 1 heterocycles. The van der Waals surface area contributed by atoms with Gasteiger partial charge in [0.05, 0.1) is 4.90 Å². The van der Waals surface area contributed by atoms with E-state index in [1.807, 2.05) is 0 Å². The third-order valence-corrected chi connectivity index (χ3v) is 4.38. The highest BCUT2D eigenvalue weighted by atomic mass is 32.2. The van der Waals surface area contributed by atoms with E-state index in [0.29, 0.717) is 0 Å². The van der Waals surface area contributed by atoms with Crippen molar-refractivity contribution in [1.82, 2.24) is 0 Å². The predicted octanol–water partition coefficient (Wildman–Crippen LogP) is 5.03. The van der Waals surface area contributed by atoms with Crippen LogP contribution in [0, 0.1) is 0 Å². The average molecular weight is 260 g/mol. The highest BCUT2D eigenvalue weighted by molar-refractivity contribution is 7.99. The Balaban J connectivity index is 2.40. The van der Waals surface area contributed by atoms with E-state index < -0.39 is 0 Å². The minimum Gasteiger partial charge on any atom is -0.455 e. The normalized spacial score (nSPS) is 11.4. The van der Waals surface area contributed by atoms with Crippen LogP contribution in [0.5, 0.6) is 0 Å². The molecule has 0 spiro atoms. The molecule has 1 aromatic heterocycles. The molecule has 0 bridgehead atoms. The smallest absolute Gasteiger partial charge is 0.148 e. The highest BCUT2D eigenvalue weighted by Crippen LogP contribution is 2.35. The minimum atomic E-state index is 0.980. The number of fused-ring (bicyclic) bond motifs is 3. The molecule has 0 radical (unpaired) electrons. The SMILES string of the molecule is CSc1ccc2c(c1)oc1c(SC)cccc12. The van der Waals surface area contributed by atoms with Crippen molar-refractivity contribution in [2.45, 2.75) is 9.79 Å². The first-order chi connectivity index (χ1) is 8.33. The van der Waals surface area contributed by atoms with Crippen LogP contribution < -0.4 is 0 Å².